The third-order valence-electron chi connectivity index (χ3n) is 6.29. The lowest BCUT2D eigenvalue weighted by Gasteiger charge is -2.19. The first kappa shape index (κ1) is 17.6. The molecule has 2 amide bonds. The van der Waals surface area contributed by atoms with Gasteiger partial charge in [0, 0.05) is 10.5 Å². The van der Waals surface area contributed by atoms with E-state index < -0.39 is 5.97 Å². The van der Waals surface area contributed by atoms with Crippen LogP contribution in [0.3, 0.4) is 0 Å². The zero-order valence-electron chi connectivity index (χ0n) is 15.0. The first-order valence-corrected chi connectivity index (χ1v) is 10.3. The fourth-order valence-electron chi connectivity index (χ4n) is 5.10. The Morgan fingerprint density at radius 1 is 0.964 bits per heavy atom. The maximum absolute atomic E-state index is 13.0. The van der Waals surface area contributed by atoms with Gasteiger partial charge in [-0.2, -0.15) is 0 Å². The topological polar surface area (TPSA) is 63.7 Å². The van der Waals surface area contributed by atoms with Crippen molar-refractivity contribution in [1.29, 1.82) is 0 Å². The van der Waals surface area contributed by atoms with Gasteiger partial charge in [-0.25, -0.2) is 9.69 Å². The van der Waals surface area contributed by atoms with Gasteiger partial charge in [0.1, 0.15) is 5.75 Å². The summed E-state index contributed by atoms with van der Waals surface area (Å²) in [4.78, 5) is 39.6. The van der Waals surface area contributed by atoms with Crippen molar-refractivity contribution >= 4 is 39.4 Å². The molecule has 0 radical (unpaired) electrons. The van der Waals surface area contributed by atoms with Crippen molar-refractivity contribution < 1.29 is 19.1 Å². The molecular weight excluding hydrogens is 422 g/mol. The van der Waals surface area contributed by atoms with Crippen molar-refractivity contribution in [2.45, 2.75) is 19.3 Å². The van der Waals surface area contributed by atoms with Crippen LogP contribution in [0.4, 0.5) is 5.69 Å². The molecule has 2 aromatic rings. The standard InChI is InChI=1S/C22H18BrNO4/c23-15-8-6-12(7-9-15)22(27)28-17-3-1-2-16(11-17)24-20(25)18-13-4-5-14(10-13)19(18)21(24)26/h1-3,6-9,11,13-14,18-19H,4-5,10H2/t13-,14-,18+,19+/m0/s1. The van der Waals surface area contributed by atoms with Gasteiger partial charge in [0.25, 0.3) is 0 Å². The van der Waals surface area contributed by atoms with E-state index in [4.69, 9.17) is 4.74 Å². The molecule has 0 unspecified atom stereocenters. The number of anilines is 1. The number of ether oxygens (including phenoxy) is 1. The largest absolute Gasteiger partial charge is 0.423 e. The molecule has 5 nitrogen and oxygen atoms in total. The quantitative estimate of drug-likeness (QED) is 0.408. The van der Waals surface area contributed by atoms with E-state index in [1.54, 1.807) is 48.5 Å². The van der Waals surface area contributed by atoms with Crippen LogP contribution < -0.4 is 9.64 Å². The second-order valence-corrected chi connectivity index (χ2v) is 8.71. The van der Waals surface area contributed by atoms with Gasteiger partial charge >= 0.3 is 5.97 Å². The lowest BCUT2D eigenvalue weighted by Crippen LogP contribution is -2.32. The number of carbonyl (C=O) groups excluding carboxylic acids is 3. The van der Waals surface area contributed by atoms with Gasteiger partial charge < -0.3 is 4.74 Å². The van der Waals surface area contributed by atoms with Crippen molar-refractivity contribution in [2.75, 3.05) is 4.90 Å². The number of imide groups is 1. The molecule has 1 aliphatic heterocycles. The molecule has 2 aromatic carbocycles. The number of esters is 1. The predicted molar refractivity (Wildman–Crippen MR) is 106 cm³/mol. The van der Waals surface area contributed by atoms with Crippen LogP contribution in [0.25, 0.3) is 0 Å². The Hall–Kier alpha value is -2.47. The van der Waals surface area contributed by atoms with Gasteiger partial charge in [0.05, 0.1) is 23.1 Å². The molecule has 28 heavy (non-hydrogen) atoms. The van der Waals surface area contributed by atoms with E-state index in [0.29, 0.717) is 28.8 Å². The molecule has 0 aromatic heterocycles. The van der Waals surface area contributed by atoms with Gasteiger partial charge in [-0.3, -0.25) is 9.59 Å². The number of hydrogen-bond acceptors (Lipinski definition) is 4. The Morgan fingerprint density at radius 3 is 2.25 bits per heavy atom. The number of nitrogens with zero attached hydrogens (tertiary/aromatic N) is 1. The lowest BCUT2D eigenvalue weighted by molar-refractivity contribution is -0.123. The molecule has 5 rings (SSSR count). The Kier molecular flexibility index (Phi) is 4.12. The number of halogens is 1. The summed E-state index contributed by atoms with van der Waals surface area (Å²) >= 11 is 3.33. The van der Waals surface area contributed by atoms with Crippen LogP contribution in [0.15, 0.2) is 53.0 Å². The first-order chi connectivity index (χ1) is 13.5. The molecule has 1 saturated heterocycles. The van der Waals surface area contributed by atoms with E-state index in [2.05, 4.69) is 15.9 Å². The van der Waals surface area contributed by atoms with Crippen LogP contribution in [-0.2, 0) is 9.59 Å². The van der Waals surface area contributed by atoms with E-state index in [1.165, 1.54) is 4.90 Å². The van der Waals surface area contributed by atoms with Crippen LogP contribution in [0.2, 0.25) is 0 Å². The highest BCUT2D eigenvalue weighted by Gasteiger charge is 2.61. The summed E-state index contributed by atoms with van der Waals surface area (Å²) in [7, 11) is 0. The number of hydrogen-bond donors (Lipinski definition) is 0. The molecule has 0 N–H and O–H groups in total. The number of carbonyl (C=O) groups is 3. The predicted octanol–water partition coefficient (Wildman–Crippen LogP) is 4.20. The minimum Gasteiger partial charge on any atom is -0.423 e. The van der Waals surface area contributed by atoms with Crippen molar-refractivity contribution in [1.82, 2.24) is 0 Å². The lowest BCUT2D eigenvalue weighted by atomic mass is 9.81. The third kappa shape index (κ3) is 2.70. The highest BCUT2D eigenvalue weighted by Crippen LogP contribution is 2.56. The highest BCUT2D eigenvalue weighted by atomic mass is 79.9. The average molecular weight is 440 g/mol. The summed E-state index contributed by atoms with van der Waals surface area (Å²) in [6.45, 7) is 0. The average Bonchev–Trinajstić information content (AvgIpc) is 3.36. The minimum absolute atomic E-state index is 0.0985. The molecule has 2 bridgehead atoms. The maximum atomic E-state index is 13.0. The normalized spacial score (nSPS) is 28.0. The summed E-state index contributed by atoms with van der Waals surface area (Å²) in [5.41, 5.74) is 0.901. The monoisotopic (exact) mass is 439 g/mol. The first-order valence-electron chi connectivity index (χ1n) is 9.48. The Bertz CT molecular complexity index is 958. The Labute approximate surface area is 170 Å². The minimum atomic E-state index is -0.487. The van der Waals surface area contributed by atoms with E-state index >= 15 is 0 Å². The number of fused-ring (bicyclic) bond motifs is 5. The van der Waals surface area contributed by atoms with Gasteiger partial charge in [-0.1, -0.05) is 22.0 Å². The molecular formula is C22H18BrNO4. The van der Waals surface area contributed by atoms with Gasteiger partial charge in [-0.05, 0) is 67.5 Å². The second-order valence-electron chi connectivity index (χ2n) is 7.79. The molecule has 4 atom stereocenters. The number of amides is 2. The van der Waals surface area contributed by atoms with Gasteiger partial charge in [0.2, 0.25) is 11.8 Å². The summed E-state index contributed by atoms with van der Waals surface area (Å²) in [6.07, 6.45) is 3.10. The smallest absolute Gasteiger partial charge is 0.343 e. The van der Waals surface area contributed by atoms with Crippen molar-refractivity contribution in [3.05, 3.63) is 58.6 Å². The van der Waals surface area contributed by atoms with Crippen molar-refractivity contribution in [3.8, 4) is 5.75 Å². The van der Waals surface area contributed by atoms with Crippen LogP contribution in [-0.4, -0.2) is 17.8 Å². The van der Waals surface area contributed by atoms with Crippen LogP contribution in [0.1, 0.15) is 29.6 Å². The summed E-state index contributed by atoms with van der Waals surface area (Å²) in [5.74, 6) is -0.0213. The van der Waals surface area contributed by atoms with E-state index in [9.17, 15) is 14.4 Å². The van der Waals surface area contributed by atoms with Crippen LogP contribution in [0.5, 0.6) is 5.75 Å². The molecule has 142 valence electrons. The molecule has 2 saturated carbocycles. The van der Waals surface area contributed by atoms with Gasteiger partial charge in [-0.15, -0.1) is 0 Å². The summed E-state index contributed by atoms with van der Waals surface area (Å²) in [5, 5.41) is 0. The van der Waals surface area contributed by atoms with E-state index in [-0.39, 0.29) is 23.7 Å². The fourth-order valence-corrected chi connectivity index (χ4v) is 5.37. The zero-order valence-corrected chi connectivity index (χ0v) is 16.6. The SMILES string of the molecule is O=C(Oc1cccc(N2C(=O)[C@@H]3[C@H]4CC[C@@H](C4)[C@H]3C2=O)c1)c1ccc(Br)cc1. The number of rotatable bonds is 3. The van der Waals surface area contributed by atoms with Crippen molar-refractivity contribution in [2.24, 2.45) is 23.7 Å². The highest BCUT2D eigenvalue weighted by molar-refractivity contribution is 9.10. The van der Waals surface area contributed by atoms with Crippen LogP contribution in [0, 0.1) is 23.7 Å². The molecule has 0 spiro atoms. The third-order valence-corrected chi connectivity index (χ3v) is 6.82. The second kappa shape index (κ2) is 6.55. The van der Waals surface area contributed by atoms with E-state index in [1.807, 2.05) is 0 Å². The van der Waals surface area contributed by atoms with Gasteiger partial charge in [0.15, 0.2) is 0 Å². The Balaban J connectivity index is 1.39. The summed E-state index contributed by atoms with van der Waals surface area (Å²) in [6, 6.07) is 13.5. The molecule has 3 aliphatic rings. The number of benzene rings is 2. The fraction of sp³-hybridized carbons (Fsp3) is 0.318. The summed E-state index contributed by atoms with van der Waals surface area (Å²) < 4.78 is 6.33. The van der Waals surface area contributed by atoms with E-state index in [0.717, 1.165) is 23.7 Å². The molecule has 2 aliphatic carbocycles. The molecule has 1 heterocycles. The molecule has 3 fully saturated rings. The molecule has 6 heteroatoms. The van der Waals surface area contributed by atoms with Crippen molar-refractivity contribution in [3.63, 3.8) is 0 Å². The maximum Gasteiger partial charge on any atom is 0.343 e. The van der Waals surface area contributed by atoms with Crippen LogP contribution >= 0.6 is 15.9 Å². The zero-order chi connectivity index (χ0) is 19.4. The Morgan fingerprint density at radius 2 is 1.61 bits per heavy atom.